The maximum absolute atomic E-state index is 12.1. The molecule has 0 aromatic carbocycles. The largest absolute Gasteiger partial charge is 0.436 e. The molecule has 3 aliphatic rings. The fourth-order valence-corrected chi connectivity index (χ4v) is 3.19. The molecule has 5 nitrogen and oxygen atoms in total. The SMILES string of the molecule is CC(OC(=O)C1CC2C=CC1C2=O)OC1CCCCO1. The first-order valence-corrected chi connectivity index (χ1v) is 7.35. The van der Waals surface area contributed by atoms with Gasteiger partial charge in [0, 0.05) is 18.4 Å². The predicted octanol–water partition coefficient (Wildman–Crippen LogP) is 1.81. The summed E-state index contributed by atoms with van der Waals surface area (Å²) in [6, 6.07) is 0. The van der Waals surface area contributed by atoms with Crippen molar-refractivity contribution in [1.29, 1.82) is 0 Å². The third kappa shape index (κ3) is 2.65. The first-order chi connectivity index (χ1) is 9.65. The van der Waals surface area contributed by atoms with E-state index in [1.54, 1.807) is 6.92 Å². The summed E-state index contributed by atoms with van der Waals surface area (Å²) in [5.41, 5.74) is 0. The van der Waals surface area contributed by atoms with E-state index in [0.29, 0.717) is 13.0 Å². The highest BCUT2D eigenvalue weighted by atomic mass is 16.8. The standard InChI is InChI=1S/C15H20O5/c1-9(19-13-4-2-3-7-18-13)20-15(17)12-8-10-5-6-11(12)14(10)16/h5-6,9-13H,2-4,7-8H2,1H3. The van der Waals surface area contributed by atoms with E-state index in [9.17, 15) is 9.59 Å². The minimum absolute atomic E-state index is 0.0875. The van der Waals surface area contributed by atoms with Crippen molar-refractivity contribution in [3.63, 3.8) is 0 Å². The Labute approximate surface area is 118 Å². The quantitative estimate of drug-likeness (QED) is 0.446. The van der Waals surface area contributed by atoms with Crippen LogP contribution in [0.2, 0.25) is 0 Å². The van der Waals surface area contributed by atoms with Gasteiger partial charge in [0.1, 0.15) is 5.78 Å². The highest BCUT2D eigenvalue weighted by molar-refractivity contribution is 5.96. The van der Waals surface area contributed by atoms with E-state index in [1.165, 1.54) is 0 Å². The molecule has 2 aliphatic carbocycles. The molecule has 1 aliphatic heterocycles. The zero-order valence-electron chi connectivity index (χ0n) is 11.6. The summed E-state index contributed by atoms with van der Waals surface area (Å²) in [6.07, 6.45) is 6.33. The highest BCUT2D eigenvalue weighted by Gasteiger charge is 2.47. The summed E-state index contributed by atoms with van der Waals surface area (Å²) >= 11 is 0. The van der Waals surface area contributed by atoms with Crippen LogP contribution in [0.4, 0.5) is 0 Å². The van der Waals surface area contributed by atoms with E-state index in [2.05, 4.69) is 0 Å². The highest BCUT2D eigenvalue weighted by Crippen LogP contribution is 2.41. The Hall–Kier alpha value is -1.20. The fraction of sp³-hybridized carbons (Fsp3) is 0.733. The minimum atomic E-state index is -0.635. The molecule has 110 valence electrons. The molecule has 5 heteroatoms. The van der Waals surface area contributed by atoms with Crippen molar-refractivity contribution in [3.8, 4) is 0 Å². The summed E-state index contributed by atoms with van der Waals surface area (Å²) in [5.74, 6) is -0.897. The van der Waals surface area contributed by atoms with Crippen molar-refractivity contribution in [3.05, 3.63) is 12.2 Å². The van der Waals surface area contributed by atoms with E-state index in [-0.39, 0.29) is 35.8 Å². The molecule has 5 atom stereocenters. The minimum Gasteiger partial charge on any atom is -0.436 e. The van der Waals surface area contributed by atoms with Gasteiger partial charge in [0.2, 0.25) is 6.29 Å². The van der Waals surface area contributed by atoms with Gasteiger partial charge in [-0.15, -0.1) is 0 Å². The Morgan fingerprint density at radius 2 is 2.25 bits per heavy atom. The Morgan fingerprint density at radius 3 is 2.85 bits per heavy atom. The number of carbonyl (C=O) groups excluding carboxylic acids is 2. The van der Waals surface area contributed by atoms with Crippen LogP contribution in [0.1, 0.15) is 32.6 Å². The van der Waals surface area contributed by atoms with Gasteiger partial charge in [0.05, 0.1) is 5.92 Å². The number of esters is 1. The molecule has 2 bridgehead atoms. The summed E-state index contributed by atoms with van der Waals surface area (Å²) in [6.45, 7) is 2.39. The number of ether oxygens (including phenoxy) is 3. The summed E-state index contributed by atoms with van der Waals surface area (Å²) < 4.78 is 16.3. The average Bonchev–Trinajstić information content (AvgIpc) is 2.95. The maximum atomic E-state index is 12.1. The molecule has 5 unspecified atom stereocenters. The Bertz CT molecular complexity index is 424. The number of rotatable bonds is 4. The molecule has 0 amide bonds. The van der Waals surface area contributed by atoms with Gasteiger partial charge < -0.3 is 14.2 Å². The number of hydrogen-bond donors (Lipinski definition) is 0. The van der Waals surface area contributed by atoms with Gasteiger partial charge in [-0.3, -0.25) is 9.59 Å². The lowest BCUT2D eigenvalue weighted by Crippen LogP contribution is -2.32. The number of hydrogen-bond acceptors (Lipinski definition) is 5. The molecule has 0 aromatic rings. The van der Waals surface area contributed by atoms with Crippen LogP contribution in [0.15, 0.2) is 12.2 Å². The third-order valence-electron chi connectivity index (χ3n) is 4.25. The zero-order chi connectivity index (χ0) is 14.1. The van der Waals surface area contributed by atoms with Crippen LogP contribution >= 0.6 is 0 Å². The lowest BCUT2D eigenvalue weighted by atomic mass is 9.94. The number of allylic oxidation sites excluding steroid dienone is 2. The van der Waals surface area contributed by atoms with Crippen LogP contribution in [0.25, 0.3) is 0 Å². The zero-order valence-corrected chi connectivity index (χ0v) is 11.6. The number of Topliss-reactive ketones (excluding diaryl/α,β-unsaturated/α-hetero) is 1. The van der Waals surface area contributed by atoms with Crippen LogP contribution < -0.4 is 0 Å². The molecule has 0 radical (unpaired) electrons. The smallest absolute Gasteiger partial charge is 0.312 e. The molecule has 2 fully saturated rings. The first kappa shape index (κ1) is 13.8. The van der Waals surface area contributed by atoms with Gasteiger partial charge in [0.15, 0.2) is 6.29 Å². The molecule has 1 heterocycles. The Morgan fingerprint density at radius 1 is 1.40 bits per heavy atom. The van der Waals surface area contributed by atoms with E-state index < -0.39 is 6.29 Å². The third-order valence-corrected chi connectivity index (χ3v) is 4.25. The van der Waals surface area contributed by atoms with Crippen molar-refractivity contribution < 1.29 is 23.8 Å². The number of ketones is 1. The van der Waals surface area contributed by atoms with Crippen molar-refractivity contribution in [1.82, 2.24) is 0 Å². The Kier molecular flexibility index (Phi) is 3.89. The van der Waals surface area contributed by atoms with Crippen LogP contribution in [0.3, 0.4) is 0 Å². The molecular formula is C15H20O5. The molecular weight excluding hydrogens is 260 g/mol. The Balaban J connectivity index is 1.49. The van der Waals surface area contributed by atoms with Crippen molar-refractivity contribution in [2.24, 2.45) is 17.8 Å². The van der Waals surface area contributed by atoms with Gasteiger partial charge in [0.25, 0.3) is 0 Å². The van der Waals surface area contributed by atoms with Gasteiger partial charge in [-0.2, -0.15) is 0 Å². The predicted molar refractivity (Wildman–Crippen MR) is 69.5 cm³/mol. The molecule has 3 rings (SSSR count). The van der Waals surface area contributed by atoms with Gasteiger partial charge in [-0.25, -0.2) is 0 Å². The van der Waals surface area contributed by atoms with Gasteiger partial charge in [-0.05, 0) is 32.6 Å². The monoisotopic (exact) mass is 280 g/mol. The molecule has 1 saturated heterocycles. The summed E-state index contributed by atoms with van der Waals surface area (Å²) in [4.78, 5) is 23.9. The lowest BCUT2D eigenvalue weighted by Gasteiger charge is -2.26. The van der Waals surface area contributed by atoms with Crippen LogP contribution in [-0.4, -0.2) is 30.9 Å². The molecule has 0 aromatic heterocycles. The molecule has 20 heavy (non-hydrogen) atoms. The van der Waals surface area contributed by atoms with Gasteiger partial charge in [-0.1, -0.05) is 12.2 Å². The van der Waals surface area contributed by atoms with E-state index in [0.717, 1.165) is 19.3 Å². The normalized spacial score (nSPS) is 37.1. The molecule has 1 saturated carbocycles. The van der Waals surface area contributed by atoms with Crippen LogP contribution in [0, 0.1) is 17.8 Å². The van der Waals surface area contributed by atoms with E-state index in [4.69, 9.17) is 14.2 Å². The number of carbonyl (C=O) groups is 2. The fourth-order valence-electron chi connectivity index (χ4n) is 3.19. The lowest BCUT2D eigenvalue weighted by molar-refractivity contribution is -0.246. The van der Waals surface area contributed by atoms with Crippen molar-refractivity contribution in [2.45, 2.75) is 45.2 Å². The number of fused-ring (bicyclic) bond motifs is 2. The maximum Gasteiger partial charge on any atom is 0.312 e. The first-order valence-electron chi connectivity index (χ1n) is 7.35. The van der Waals surface area contributed by atoms with E-state index >= 15 is 0 Å². The molecule has 0 N–H and O–H groups in total. The van der Waals surface area contributed by atoms with Gasteiger partial charge >= 0.3 is 5.97 Å². The second kappa shape index (κ2) is 5.66. The topological polar surface area (TPSA) is 61.8 Å². The second-order valence-corrected chi connectivity index (χ2v) is 5.70. The van der Waals surface area contributed by atoms with Crippen LogP contribution in [0.5, 0.6) is 0 Å². The van der Waals surface area contributed by atoms with Crippen molar-refractivity contribution in [2.75, 3.05) is 6.61 Å². The van der Waals surface area contributed by atoms with E-state index in [1.807, 2.05) is 12.2 Å². The summed E-state index contributed by atoms with van der Waals surface area (Å²) in [7, 11) is 0. The van der Waals surface area contributed by atoms with Crippen LogP contribution in [-0.2, 0) is 23.8 Å². The summed E-state index contributed by atoms with van der Waals surface area (Å²) in [5, 5.41) is 0. The van der Waals surface area contributed by atoms with Crippen molar-refractivity contribution >= 4 is 11.8 Å². The second-order valence-electron chi connectivity index (χ2n) is 5.70. The average molecular weight is 280 g/mol. The molecule has 0 spiro atoms.